The van der Waals surface area contributed by atoms with Gasteiger partial charge in [-0.3, -0.25) is 5.10 Å². The SMILES string of the molecule is CC1CCN(c2n[nH]c(-c3cccc(Cl)c3F)n2)CC1N. The normalized spacial score (nSPS) is 22.6. The first-order valence-corrected chi connectivity index (χ1v) is 7.31. The van der Waals surface area contributed by atoms with Gasteiger partial charge in [0.2, 0.25) is 5.95 Å². The van der Waals surface area contributed by atoms with Crippen molar-refractivity contribution >= 4 is 17.5 Å². The van der Waals surface area contributed by atoms with Crippen LogP contribution >= 0.6 is 11.6 Å². The first-order chi connectivity index (χ1) is 10.1. The number of nitrogens with two attached hydrogens (primary N) is 1. The fourth-order valence-electron chi connectivity index (χ4n) is 2.48. The molecule has 7 heteroatoms. The number of H-pyrrole nitrogens is 1. The van der Waals surface area contributed by atoms with Gasteiger partial charge in [0.05, 0.1) is 10.6 Å². The van der Waals surface area contributed by atoms with Crippen LogP contribution in [0.2, 0.25) is 5.02 Å². The lowest BCUT2D eigenvalue weighted by atomic mass is 9.95. The number of nitrogens with one attached hydrogen (secondary N) is 1. The molecular weight excluding hydrogens is 293 g/mol. The minimum Gasteiger partial charge on any atom is -0.338 e. The molecule has 0 amide bonds. The third-order valence-electron chi connectivity index (χ3n) is 3.98. The highest BCUT2D eigenvalue weighted by Gasteiger charge is 2.25. The quantitative estimate of drug-likeness (QED) is 0.894. The lowest BCUT2D eigenvalue weighted by molar-refractivity contribution is 0.376. The third kappa shape index (κ3) is 2.73. The molecule has 1 aromatic carbocycles. The number of piperidine rings is 1. The minimum absolute atomic E-state index is 0.0688. The number of anilines is 1. The van der Waals surface area contributed by atoms with Gasteiger partial charge in [-0.25, -0.2) is 4.39 Å². The molecule has 0 saturated carbocycles. The monoisotopic (exact) mass is 309 g/mol. The predicted octanol–water partition coefficient (Wildman–Crippen LogP) is 2.44. The van der Waals surface area contributed by atoms with Crippen LogP contribution in [0.25, 0.3) is 11.4 Å². The van der Waals surface area contributed by atoms with E-state index in [0.29, 0.717) is 29.8 Å². The van der Waals surface area contributed by atoms with E-state index in [0.717, 1.165) is 13.0 Å². The fraction of sp³-hybridized carbons (Fsp3) is 0.429. The van der Waals surface area contributed by atoms with Crippen LogP contribution in [-0.4, -0.2) is 34.3 Å². The highest BCUT2D eigenvalue weighted by Crippen LogP contribution is 2.27. The van der Waals surface area contributed by atoms with Crippen molar-refractivity contribution in [2.45, 2.75) is 19.4 Å². The number of benzene rings is 1. The number of hydrogen-bond acceptors (Lipinski definition) is 4. The van der Waals surface area contributed by atoms with Gasteiger partial charge >= 0.3 is 0 Å². The van der Waals surface area contributed by atoms with Crippen LogP contribution in [0, 0.1) is 11.7 Å². The number of nitrogens with zero attached hydrogens (tertiary/aromatic N) is 3. The molecule has 0 aliphatic carbocycles. The van der Waals surface area contributed by atoms with E-state index < -0.39 is 5.82 Å². The van der Waals surface area contributed by atoms with Crippen LogP contribution < -0.4 is 10.6 Å². The summed E-state index contributed by atoms with van der Waals surface area (Å²) in [4.78, 5) is 6.39. The molecule has 2 atom stereocenters. The lowest BCUT2D eigenvalue weighted by Gasteiger charge is -2.34. The Labute approximate surface area is 127 Å². The van der Waals surface area contributed by atoms with E-state index >= 15 is 0 Å². The van der Waals surface area contributed by atoms with Gasteiger partial charge in [-0.2, -0.15) is 4.98 Å². The first kappa shape index (κ1) is 14.3. The van der Waals surface area contributed by atoms with E-state index in [-0.39, 0.29) is 11.1 Å². The van der Waals surface area contributed by atoms with Gasteiger partial charge in [0.15, 0.2) is 11.6 Å². The molecule has 2 heterocycles. The van der Waals surface area contributed by atoms with Crippen molar-refractivity contribution < 1.29 is 4.39 Å². The topological polar surface area (TPSA) is 70.8 Å². The van der Waals surface area contributed by atoms with Gasteiger partial charge in [-0.05, 0) is 24.5 Å². The number of hydrogen-bond donors (Lipinski definition) is 2. The second-order valence-corrected chi connectivity index (χ2v) is 5.87. The Morgan fingerprint density at radius 2 is 2.29 bits per heavy atom. The van der Waals surface area contributed by atoms with Crippen molar-refractivity contribution in [3.63, 3.8) is 0 Å². The maximum absolute atomic E-state index is 14.0. The van der Waals surface area contributed by atoms with Gasteiger partial charge in [0.1, 0.15) is 0 Å². The highest BCUT2D eigenvalue weighted by atomic mass is 35.5. The Kier molecular flexibility index (Phi) is 3.82. The molecule has 21 heavy (non-hydrogen) atoms. The molecule has 1 aliphatic rings. The van der Waals surface area contributed by atoms with E-state index in [2.05, 4.69) is 22.1 Å². The van der Waals surface area contributed by atoms with Gasteiger partial charge < -0.3 is 10.6 Å². The number of halogens is 2. The van der Waals surface area contributed by atoms with Gasteiger partial charge in [0, 0.05) is 19.1 Å². The molecular formula is C14H17ClFN5. The number of aromatic nitrogens is 3. The zero-order valence-corrected chi connectivity index (χ0v) is 12.4. The molecule has 1 aromatic heterocycles. The molecule has 112 valence electrons. The van der Waals surface area contributed by atoms with E-state index in [1.807, 2.05) is 4.90 Å². The Hall–Kier alpha value is -1.66. The molecule has 3 rings (SSSR count). The van der Waals surface area contributed by atoms with Crippen LogP contribution in [0.3, 0.4) is 0 Å². The summed E-state index contributed by atoms with van der Waals surface area (Å²) in [5.41, 5.74) is 6.40. The van der Waals surface area contributed by atoms with E-state index in [1.54, 1.807) is 12.1 Å². The molecule has 3 N–H and O–H groups in total. The van der Waals surface area contributed by atoms with Crippen molar-refractivity contribution in [2.24, 2.45) is 11.7 Å². The summed E-state index contributed by atoms with van der Waals surface area (Å²) in [5, 5.41) is 7.01. The highest BCUT2D eigenvalue weighted by molar-refractivity contribution is 6.31. The van der Waals surface area contributed by atoms with Gasteiger partial charge in [-0.1, -0.05) is 24.6 Å². The summed E-state index contributed by atoms with van der Waals surface area (Å²) in [6, 6.07) is 4.91. The molecule has 0 spiro atoms. The Balaban J connectivity index is 1.85. The zero-order chi connectivity index (χ0) is 15.0. The van der Waals surface area contributed by atoms with E-state index in [4.69, 9.17) is 17.3 Å². The van der Waals surface area contributed by atoms with Crippen molar-refractivity contribution in [1.82, 2.24) is 15.2 Å². The molecule has 1 fully saturated rings. The number of aromatic amines is 1. The Bertz CT molecular complexity index is 644. The molecule has 0 bridgehead atoms. The minimum atomic E-state index is -0.495. The maximum Gasteiger partial charge on any atom is 0.245 e. The third-order valence-corrected chi connectivity index (χ3v) is 4.27. The first-order valence-electron chi connectivity index (χ1n) is 6.93. The summed E-state index contributed by atoms with van der Waals surface area (Å²) < 4.78 is 14.0. The second-order valence-electron chi connectivity index (χ2n) is 5.46. The maximum atomic E-state index is 14.0. The van der Waals surface area contributed by atoms with Crippen LogP contribution in [0.15, 0.2) is 18.2 Å². The van der Waals surface area contributed by atoms with Crippen LogP contribution in [0.5, 0.6) is 0 Å². The standard InChI is InChI=1S/C14H17ClFN5/c1-8-5-6-21(7-11(8)17)14-18-13(19-20-14)9-3-2-4-10(15)12(9)16/h2-4,8,11H,5-7,17H2,1H3,(H,18,19,20). The Morgan fingerprint density at radius 3 is 3.05 bits per heavy atom. The summed E-state index contributed by atoms with van der Waals surface area (Å²) >= 11 is 5.79. The van der Waals surface area contributed by atoms with E-state index in [1.165, 1.54) is 6.07 Å². The smallest absolute Gasteiger partial charge is 0.245 e. The number of rotatable bonds is 2. The van der Waals surface area contributed by atoms with Crippen LogP contribution in [0.4, 0.5) is 10.3 Å². The molecule has 5 nitrogen and oxygen atoms in total. The second kappa shape index (κ2) is 5.61. The summed E-state index contributed by atoms with van der Waals surface area (Å²) in [7, 11) is 0. The van der Waals surface area contributed by atoms with Gasteiger partial charge in [0.25, 0.3) is 0 Å². The molecule has 0 radical (unpaired) electrons. The lowest BCUT2D eigenvalue weighted by Crippen LogP contribution is -2.48. The summed E-state index contributed by atoms with van der Waals surface area (Å²) in [5.74, 6) is 0.916. The van der Waals surface area contributed by atoms with Crippen molar-refractivity contribution in [3.05, 3.63) is 29.0 Å². The molecule has 2 aromatic rings. The fourth-order valence-corrected chi connectivity index (χ4v) is 2.66. The largest absolute Gasteiger partial charge is 0.338 e. The summed E-state index contributed by atoms with van der Waals surface area (Å²) in [6.07, 6.45) is 0.997. The van der Waals surface area contributed by atoms with Crippen molar-refractivity contribution in [2.75, 3.05) is 18.0 Å². The van der Waals surface area contributed by atoms with E-state index in [9.17, 15) is 4.39 Å². The van der Waals surface area contributed by atoms with Crippen LogP contribution in [-0.2, 0) is 0 Å². The van der Waals surface area contributed by atoms with Crippen LogP contribution in [0.1, 0.15) is 13.3 Å². The average Bonchev–Trinajstić information content (AvgIpc) is 2.94. The predicted molar refractivity (Wildman–Crippen MR) is 80.8 cm³/mol. The van der Waals surface area contributed by atoms with Crippen molar-refractivity contribution in [1.29, 1.82) is 0 Å². The Morgan fingerprint density at radius 1 is 1.48 bits per heavy atom. The zero-order valence-electron chi connectivity index (χ0n) is 11.7. The van der Waals surface area contributed by atoms with Crippen molar-refractivity contribution in [3.8, 4) is 11.4 Å². The average molecular weight is 310 g/mol. The summed E-state index contributed by atoms with van der Waals surface area (Å²) in [6.45, 7) is 3.70. The van der Waals surface area contributed by atoms with Gasteiger partial charge in [-0.15, -0.1) is 5.10 Å². The molecule has 2 unspecified atom stereocenters. The molecule has 1 saturated heterocycles. The molecule has 1 aliphatic heterocycles.